The predicted octanol–water partition coefficient (Wildman–Crippen LogP) is 4.11. The van der Waals surface area contributed by atoms with Gasteiger partial charge in [0.15, 0.2) is 5.82 Å². The lowest BCUT2D eigenvalue weighted by atomic mass is 10.1. The first-order chi connectivity index (χ1) is 15.0. The molecule has 0 atom stereocenters. The van der Waals surface area contributed by atoms with E-state index in [1.165, 1.54) is 22.9 Å². The first-order valence-electron chi connectivity index (χ1n) is 9.41. The molecule has 31 heavy (non-hydrogen) atoms. The van der Waals surface area contributed by atoms with E-state index in [2.05, 4.69) is 26.2 Å². The number of hydrogen-bond acceptors (Lipinski definition) is 6. The summed E-state index contributed by atoms with van der Waals surface area (Å²) in [4.78, 5) is 13.0. The molecule has 0 aliphatic heterocycles. The third kappa shape index (κ3) is 4.35. The Morgan fingerprint density at radius 1 is 1.03 bits per heavy atom. The Morgan fingerprint density at radius 3 is 2.52 bits per heavy atom. The molecule has 4 rings (SSSR count). The molecule has 0 radical (unpaired) electrons. The molecular weight excluding hydrogens is 399 g/mol. The minimum Gasteiger partial charge on any atom is -0.497 e. The van der Waals surface area contributed by atoms with Crippen molar-refractivity contribution in [2.24, 2.45) is 0 Å². The van der Waals surface area contributed by atoms with E-state index < -0.39 is 11.7 Å². The number of methoxy groups -OCH3 is 1. The number of anilines is 3. The van der Waals surface area contributed by atoms with Gasteiger partial charge in [0.25, 0.3) is 5.91 Å². The number of ether oxygens (including phenoxy) is 1. The van der Waals surface area contributed by atoms with Crippen LogP contribution in [-0.4, -0.2) is 33.2 Å². The van der Waals surface area contributed by atoms with Gasteiger partial charge >= 0.3 is 0 Å². The number of carbonyl (C=O) groups is 1. The fourth-order valence-electron chi connectivity index (χ4n) is 3.02. The minimum atomic E-state index is -0.566. The first kappa shape index (κ1) is 20.0. The average Bonchev–Trinajstić information content (AvgIpc) is 3.22. The molecule has 0 saturated heterocycles. The van der Waals surface area contributed by atoms with Crippen molar-refractivity contribution < 1.29 is 13.9 Å². The molecule has 156 valence electrons. The number of rotatable bonds is 6. The number of nitrogens with one attached hydrogen (secondary N) is 2. The molecule has 0 aliphatic carbocycles. The molecule has 0 aliphatic rings. The van der Waals surface area contributed by atoms with E-state index in [-0.39, 0.29) is 5.69 Å². The summed E-state index contributed by atoms with van der Waals surface area (Å²) in [5.74, 6) is 0.243. The molecule has 8 nitrogen and oxygen atoms in total. The first-order valence-corrected chi connectivity index (χ1v) is 9.41. The summed E-state index contributed by atoms with van der Waals surface area (Å²) >= 11 is 0. The zero-order valence-corrected chi connectivity index (χ0v) is 16.8. The summed E-state index contributed by atoms with van der Waals surface area (Å²) in [5.41, 5.74) is 2.28. The number of halogens is 1. The monoisotopic (exact) mass is 418 g/mol. The van der Waals surface area contributed by atoms with E-state index in [1.54, 1.807) is 32.2 Å². The van der Waals surface area contributed by atoms with E-state index in [9.17, 15) is 9.18 Å². The van der Waals surface area contributed by atoms with Crippen LogP contribution in [0.5, 0.6) is 5.75 Å². The number of amides is 1. The average molecular weight is 418 g/mol. The molecule has 0 fully saturated rings. The van der Waals surface area contributed by atoms with Gasteiger partial charge in [-0.15, -0.1) is 5.10 Å². The van der Waals surface area contributed by atoms with Crippen LogP contribution in [0.15, 0.2) is 66.7 Å². The lowest BCUT2D eigenvalue weighted by Gasteiger charge is -2.13. The molecule has 9 heteroatoms. The number of hydrogen-bond donors (Lipinski definition) is 2. The van der Waals surface area contributed by atoms with Gasteiger partial charge in [0.05, 0.1) is 29.7 Å². The van der Waals surface area contributed by atoms with E-state index in [0.717, 1.165) is 11.4 Å². The van der Waals surface area contributed by atoms with Crippen LogP contribution < -0.4 is 15.4 Å². The van der Waals surface area contributed by atoms with Crippen LogP contribution in [0.1, 0.15) is 16.2 Å². The molecule has 4 aromatic rings. The summed E-state index contributed by atoms with van der Waals surface area (Å²) in [6.07, 6.45) is 0. The van der Waals surface area contributed by atoms with Gasteiger partial charge in [-0.3, -0.25) is 4.79 Å². The maximum absolute atomic E-state index is 14.4. The number of para-hydroxylation sites is 1. The van der Waals surface area contributed by atoms with Gasteiger partial charge in [0.2, 0.25) is 0 Å². The molecule has 0 unspecified atom stereocenters. The molecule has 0 spiro atoms. The fourth-order valence-corrected chi connectivity index (χ4v) is 3.02. The van der Waals surface area contributed by atoms with Crippen LogP contribution in [-0.2, 0) is 0 Å². The van der Waals surface area contributed by atoms with Crippen molar-refractivity contribution in [3.8, 4) is 11.4 Å². The standard InChI is InChI=1S/C22H19FN6O2/c1-14-26-27-28-29(14)16-9-12-19(23)21(13-16)25-22(30)18-5-3-4-6-20(18)24-15-7-10-17(31-2)11-8-15/h3-13,24H,1-2H3,(H,25,30). The maximum atomic E-state index is 14.4. The van der Waals surface area contributed by atoms with Gasteiger partial charge in [0.1, 0.15) is 11.6 Å². The molecule has 1 aromatic heterocycles. The predicted molar refractivity (Wildman–Crippen MR) is 115 cm³/mol. The molecule has 1 heterocycles. The van der Waals surface area contributed by atoms with Crippen molar-refractivity contribution >= 4 is 23.0 Å². The Balaban J connectivity index is 1.59. The van der Waals surface area contributed by atoms with Gasteiger partial charge in [-0.25, -0.2) is 4.39 Å². The highest BCUT2D eigenvalue weighted by Gasteiger charge is 2.15. The molecule has 0 saturated carbocycles. The topological polar surface area (TPSA) is 94.0 Å². The highest BCUT2D eigenvalue weighted by atomic mass is 19.1. The lowest BCUT2D eigenvalue weighted by molar-refractivity contribution is 0.102. The van der Waals surface area contributed by atoms with Crippen molar-refractivity contribution in [1.82, 2.24) is 20.2 Å². The number of nitrogens with zero attached hydrogens (tertiary/aromatic N) is 4. The third-order valence-electron chi connectivity index (χ3n) is 4.61. The van der Waals surface area contributed by atoms with Gasteiger partial charge in [0, 0.05) is 5.69 Å². The van der Waals surface area contributed by atoms with E-state index in [0.29, 0.717) is 22.8 Å². The van der Waals surface area contributed by atoms with Gasteiger partial charge in [-0.1, -0.05) is 12.1 Å². The molecule has 1 amide bonds. The summed E-state index contributed by atoms with van der Waals surface area (Å²) < 4.78 is 21.0. The Morgan fingerprint density at radius 2 is 1.81 bits per heavy atom. The summed E-state index contributed by atoms with van der Waals surface area (Å²) in [7, 11) is 1.59. The van der Waals surface area contributed by atoms with Crippen molar-refractivity contribution in [1.29, 1.82) is 0 Å². The molecule has 0 bridgehead atoms. The van der Waals surface area contributed by atoms with Crippen LogP contribution in [0.2, 0.25) is 0 Å². The Bertz CT molecular complexity index is 1220. The summed E-state index contributed by atoms with van der Waals surface area (Å²) in [6.45, 7) is 1.72. The number of aromatic nitrogens is 4. The highest BCUT2D eigenvalue weighted by Crippen LogP contribution is 2.25. The minimum absolute atomic E-state index is 0.0247. The number of aryl methyl sites for hydroxylation is 1. The van der Waals surface area contributed by atoms with Crippen molar-refractivity contribution in [3.63, 3.8) is 0 Å². The second kappa shape index (κ2) is 8.62. The quantitative estimate of drug-likeness (QED) is 0.489. The largest absolute Gasteiger partial charge is 0.497 e. The van der Waals surface area contributed by atoms with Gasteiger partial charge < -0.3 is 15.4 Å². The van der Waals surface area contributed by atoms with Crippen LogP contribution >= 0.6 is 0 Å². The van der Waals surface area contributed by atoms with Crippen molar-refractivity contribution in [2.75, 3.05) is 17.7 Å². The fraction of sp³-hybridized carbons (Fsp3) is 0.0909. The highest BCUT2D eigenvalue weighted by molar-refractivity contribution is 6.08. The van der Waals surface area contributed by atoms with Crippen molar-refractivity contribution in [3.05, 3.63) is 83.9 Å². The second-order valence-electron chi connectivity index (χ2n) is 6.66. The second-order valence-corrected chi connectivity index (χ2v) is 6.66. The van der Waals surface area contributed by atoms with Crippen LogP contribution in [0.25, 0.3) is 5.69 Å². The van der Waals surface area contributed by atoms with Crippen molar-refractivity contribution in [2.45, 2.75) is 6.92 Å². The molecule has 3 aromatic carbocycles. The van der Waals surface area contributed by atoms with E-state index in [4.69, 9.17) is 4.74 Å². The Kier molecular flexibility index (Phi) is 5.57. The van der Waals surface area contributed by atoms with E-state index in [1.807, 2.05) is 30.3 Å². The van der Waals surface area contributed by atoms with Gasteiger partial charge in [-0.05, 0) is 71.9 Å². The number of carbonyl (C=O) groups excluding carboxylic acids is 1. The zero-order chi connectivity index (χ0) is 21.8. The maximum Gasteiger partial charge on any atom is 0.257 e. The third-order valence-corrected chi connectivity index (χ3v) is 4.61. The lowest BCUT2D eigenvalue weighted by Crippen LogP contribution is -2.15. The van der Waals surface area contributed by atoms with Crippen LogP contribution in [0, 0.1) is 12.7 Å². The van der Waals surface area contributed by atoms with Gasteiger partial charge in [-0.2, -0.15) is 4.68 Å². The summed E-state index contributed by atoms with van der Waals surface area (Å²) in [5, 5.41) is 17.1. The number of tetrazole rings is 1. The molecule has 2 N–H and O–H groups in total. The summed E-state index contributed by atoms with van der Waals surface area (Å²) in [6, 6.07) is 18.6. The van der Waals surface area contributed by atoms with Crippen LogP contribution in [0.3, 0.4) is 0 Å². The SMILES string of the molecule is COc1ccc(Nc2ccccc2C(=O)Nc2cc(-n3nnnc3C)ccc2F)cc1. The van der Waals surface area contributed by atoms with Crippen LogP contribution in [0.4, 0.5) is 21.5 Å². The smallest absolute Gasteiger partial charge is 0.257 e. The number of benzene rings is 3. The Hall–Kier alpha value is -4.27. The van der Waals surface area contributed by atoms with E-state index >= 15 is 0 Å². The zero-order valence-electron chi connectivity index (χ0n) is 16.8. The normalized spacial score (nSPS) is 10.5. The molecular formula is C22H19FN6O2. The Labute approximate surface area is 177 Å².